The summed E-state index contributed by atoms with van der Waals surface area (Å²) in [6.45, 7) is 0.0162. The standard InChI is InChI=1S/C14H15FN2O3S/c1-20-12-7-3-2-5-10(12)9-17-21(18,19)13-8-4-6-11(15)14(13)16/h2-8,17H,9,16H2,1H3. The number of methoxy groups -OCH3 is 1. The fraction of sp³-hybridized carbons (Fsp3) is 0.143. The van der Waals surface area contributed by atoms with Crippen LogP contribution in [0.5, 0.6) is 5.75 Å². The molecule has 3 N–H and O–H groups in total. The lowest BCUT2D eigenvalue weighted by Gasteiger charge is -2.11. The third-order valence-electron chi connectivity index (χ3n) is 2.95. The van der Waals surface area contributed by atoms with E-state index in [9.17, 15) is 12.8 Å². The quantitative estimate of drug-likeness (QED) is 0.826. The smallest absolute Gasteiger partial charge is 0.243 e. The summed E-state index contributed by atoms with van der Waals surface area (Å²) in [5, 5.41) is 0. The number of hydrogen-bond donors (Lipinski definition) is 2. The van der Waals surface area contributed by atoms with Crippen LogP contribution in [0.3, 0.4) is 0 Å². The van der Waals surface area contributed by atoms with Crippen molar-refractivity contribution in [1.29, 1.82) is 0 Å². The van der Waals surface area contributed by atoms with Crippen LogP contribution in [0.1, 0.15) is 5.56 Å². The fourth-order valence-electron chi connectivity index (χ4n) is 1.85. The molecule has 0 unspecified atom stereocenters. The first-order valence-corrected chi connectivity index (χ1v) is 7.59. The van der Waals surface area contributed by atoms with Gasteiger partial charge in [-0.15, -0.1) is 0 Å². The topological polar surface area (TPSA) is 81.4 Å². The molecular weight excluding hydrogens is 295 g/mol. The molecule has 0 saturated carbocycles. The van der Waals surface area contributed by atoms with Gasteiger partial charge in [-0.2, -0.15) is 0 Å². The maximum absolute atomic E-state index is 13.4. The highest BCUT2D eigenvalue weighted by molar-refractivity contribution is 7.89. The molecule has 0 fully saturated rings. The van der Waals surface area contributed by atoms with Crippen LogP contribution >= 0.6 is 0 Å². The summed E-state index contributed by atoms with van der Waals surface area (Å²) in [5.41, 5.74) is 5.74. The Balaban J connectivity index is 2.24. The normalized spacial score (nSPS) is 11.3. The van der Waals surface area contributed by atoms with Gasteiger partial charge in [0.25, 0.3) is 0 Å². The molecule has 0 radical (unpaired) electrons. The number of benzene rings is 2. The predicted octanol–water partition coefficient (Wildman–Crippen LogP) is 1.90. The molecule has 21 heavy (non-hydrogen) atoms. The highest BCUT2D eigenvalue weighted by atomic mass is 32.2. The average Bonchev–Trinajstić information content (AvgIpc) is 2.48. The molecule has 0 atom stereocenters. The number of rotatable bonds is 5. The van der Waals surface area contributed by atoms with Gasteiger partial charge in [-0.1, -0.05) is 24.3 Å². The minimum atomic E-state index is -3.91. The van der Waals surface area contributed by atoms with E-state index in [4.69, 9.17) is 10.5 Å². The molecular formula is C14H15FN2O3S. The van der Waals surface area contributed by atoms with Crippen LogP contribution in [-0.4, -0.2) is 15.5 Å². The monoisotopic (exact) mass is 310 g/mol. The van der Waals surface area contributed by atoms with Crippen molar-refractivity contribution < 1.29 is 17.5 Å². The van der Waals surface area contributed by atoms with Crippen LogP contribution < -0.4 is 15.2 Å². The van der Waals surface area contributed by atoms with Crippen LogP contribution in [0.25, 0.3) is 0 Å². The maximum Gasteiger partial charge on any atom is 0.243 e. The number of sulfonamides is 1. The second-order valence-electron chi connectivity index (χ2n) is 4.29. The van der Waals surface area contributed by atoms with Crippen LogP contribution in [0.4, 0.5) is 10.1 Å². The van der Waals surface area contributed by atoms with E-state index in [2.05, 4.69) is 4.72 Å². The molecule has 0 amide bonds. The second-order valence-corrected chi connectivity index (χ2v) is 6.02. The second kappa shape index (κ2) is 6.11. The molecule has 2 rings (SSSR count). The van der Waals surface area contributed by atoms with Crippen LogP contribution in [0.2, 0.25) is 0 Å². The summed E-state index contributed by atoms with van der Waals surface area (Å²) in [5.74, 6) is -0.206. The van der Waals surface area contributed by atoms with Crippen molar-refractivity contribution in [1.82, 2.24) is 4.72 Å². The van der Waals surface area contributed by atoms with Gasteiger partial charge in [-0.25, -0.2) is 17.5 Å². The molecule has 5 nitrogen and oxygen atoms in total. The van der Waals surface area contributed by atoms with Crippen molar-refractivity contribution >= 4 is 15.7 Å². The van der Waals surface area contributed by atoms with Gasteiger partial charge in [-0.05, 0) is 18.2 Å². The van der Waals surface area contributed by atoms with E-state index in [0.29, 0.717) is 11.3 Å². The average molecular weight is 310 g/mol. The molecule has 112 valence electrons. The highest BCUT2D eigenvalue weighted by Crippen LogP contribution is 2.22. The molecule has 0 aliphatic heterocycles. The van der Waals surface area contributed by atoms with E-state index in [1.54, 1.807) is 24.3 Å². The molecule has 0 bridgehead atoms. The molecule has 0 aliphatic rings. The Labute approximate surface area is 122 Å². The Morgan fingerprint density at radius 1 is 1.19 bits per heavy atom. The first-order chi connectivity index (χ1) is 9.95. The van der Waals surface area contributed by atoms with Crippen molar-refractivity contribution in [2.75, 3.05) is 12.8 Å². The van der Waals surface area contributed by atoms with Gasteiger partial charge in [-0.3, -0.25) is 0 Å². The molecule has 0 spiro atoms. The van der Waals surface area contributed by atoms with Gasteiger partial charge in [0.15, 0.2) is 0 Å². The van der Waals surface area contributed by atoms with Gasteiger partial charge in [0.05, 0.1) is 12.8 Å². The summed E-state index contributed by atoms with van der Waals surface area (Å²) in [6, 6.07) is 10.7. The molecule has 0 aromatic heterocycles. The number of para-hydroxylation sites is 2. The van der Waals surface area contributed by atoms with Crippen LogP contribution in [0, 0.1) is 5.82 Å². The van der Waals surface area contributed by atoms with Crippen LogP contribution in [0.15, 0.2) is 47.4 Å². The van der Waals surface area contributed by atoms with E-state index in [-0.39, 0.29) is 11.4 Å². The van der Waals surface area contributed by atoms with Crippen molar-refractivity contribution in [2.45, 2.75) is 11.4 Å². The number of halogens is 1. The Kier molecular flexibility index (Phi) is 4.44. The summed E-state index contributed by atoms with van der Waals surface area (Å²) in [6.07, 6.45) is 0. The summed E-state index contributed by atoms with van der Waals surface area (Å²) in [7, 11) is -2.41. The van der Waals surface area contributed by atoms with Crippen molar-refractivity contribution in [3.63, 3.8) is 0 Å². The minimum Gasteiger partial charge on any atom is -0.496 e. The first-order valence-electron chi connectivity index (χ1n) is 6.11. The van der Waals surface area contributed by atoms with E-state index in [0.717, 1.165) is 6.07 Å². The SMILES string of the molecule is COc1ccccc1CNS(=O)(=O)c1cccc(F)c1N. The number of nitrogens with two attached hydrogens (primary N) is 1. The minimum absolute atomic E-state index is 0.0162. The first kappa shape index (κ1) is 15.3. The third-order valence-corrected chi connectivity index (χ3v) is 4.41. The molecule has 0 heterocycles. The number of ether oxygens (including phenoxy) is 1. The van der Waals surface area contributed by atoms with Crippen molar-refractivity contribution in [3.05, 3.63) is 53.8 Å². The number of anilines is 1. The molecule has 0 aliphatic carbocycles. The van der Waals surface area contributed by atoms with Gasteiger partial charge in [0, 0.05) is 12.1 Å². The van der Waals surface area contributed by atoms with Crippen molar-refractivity contribution in [3.8, 4) is 5.75 Å². The van der Waals surface area contributed by atoms with Gasteiger partial charge >= 0.3 is 0 Å². The molecule has 7 heteroatoms. The van der Waals surface area contributed by atoms with E-state index in [1.165, 1.54) is 19.2 Å². The lowest BCUT2D eigenvalue weighted by Crippen LogP contribution is -2.24. The molecule has 2 aromatic carbocycles. The largest absolute Gasteiger partial charge is 0.496 e. The van der Waals surface area contributed by atoms with Gasteiger partial charge < -0.3 is 10.5 Å². The zero-order valence-corrected chi connectivity index (χ0v) is 12.2. The van der Waals surface area contributed by atoms with Gasteiger partial charge in [0.1, 0.15) is 16.5 Å². The Hall–Kier alpha value is -2.12. The molecule has 2 aromatic rings. The predicted molar refractivity (Wildman–Crippen MR) is 77.8 cm³/mol. The van der Waals surface area contributed by atoms with Crippen LogP contribution in [-0.2, 0) is 16.6 Å². The van der Waals surface area contributed by atoms with Gasteiger partial charge in [0.2, 0.25) is 10.0 Å². The third kappa shape index (κ3) is 3.32. The Morgan fingerprint density at radius 2 is 1.90 bits per heavy atom. The lowest BCUT2D eigenvalue weighted by atomic mass is 10.2. The van der Waals surface area contributed by atoms with E-state index >= 15 is 0 Å². The highest BCUT2D eigenvalue weighted by Gasteiger charge is 2.19. The van der Waals surface area contributed by atoms with Crippen molar-refractivity contribution in [2.24, 2.45) is 0 Å². The zero-order chi connectivity index (χ0) is 15.5. The molecule has 0 saturated heterocycles. The number of hydrogen-bond acceptors (Lipinski definition) is 4. The summed E-state index contributed by atoms with van der Waals surface area (Å²) < 4.78 is 45.2. The lowest BCUT2D eigenvalue weighted by molar-refractivity contribution is 0.409. The number of nitrogens with one attached hydrogen (secondary N) is 1. The fourth-order valence-corrected chi connectivity index (χ4v) is 3.00. The Morgan fingerprint density at radius 3 is 2.62 bits per heavy atom. The number of nitrogen functional groups attached to an aromatic ring is 1. The Bertz CT molecular complexity index is 748. The zero-order valence-electron chi connectivity index (χ0n) is 11.3. The van der Waals surface area contributed by atoms with E-state index < -0.39 is 21.5 Å². The maximum atomic E-state index is 13.4. The van der Waals surface area contributed by atoms with E-state index in [1.807, 2.05) is 0 Å². The summed E-state index contributed by atoms with van der Waals surface area (Å²) >= 11 is 0. The summed E-state index contributed by atoms with van der Waals surface area (Å²) in [4.78, 5) is -0.280.